The van der Waals surface area contributed by atoms with Crippen LogP contribution in [0.15, 0.2) is 24.3 Å². The Morgan fingerprint density at radius 1 is 1.00 bits per heavy atom. The van der Waals surface area contributed by atoms with Crippen molar-refractivity contribution in [2.24, 2.45) is 0 Å². The smallest absolute Gasteiger partial charge is 0.399 e. The van der Waals surface area contributed by atoms with Crippen LogP contribution in [-0.2, 0) is 14.0 Å². The monoisotopic (exact) mass is 317 g/mol. The van der Waals surface area contributed by atoms with Crippen molar-refractivity contribution in [2.75, 3.05) is 18.0 Å². The molecule has 0 N–H and O–H groups in total. The molecule has 0 amide bonds. The van der Waals surface area contributed by atoms with Gasteiger partial charge in [-0.15, -0.1) is 0 Å². The average Bonchev–Trinajstić information content (AvgIpc) is 2.67. The number of hydrogen-bond acceptors (Lipinski definition) is 4. The fourth-order valence-electron chi connectivity index (χ4n) is 3.24. The molecule has 3 rings (SSSR count). The van der Waals surface area contributed by atoms with Gasteiger partial charge in [-0.25, -0.2) is 0 Å². The molecule has 4 nitrogen and oxygen atoms in total. The highest BCUT2D eigenvalue weighted by atomic mass is 16.7. The first-order valence-electron chi connectivity index (χ1n) is 8.54. The fourth-order valence-corrected chi connectivity index (χ4v) is 3.24. The van der Waals surface area contributed by atoms with Crippen LogP contribution in [0.2, 0.25) is 0 Å². The van der Waals surface area contributed by atoms with E-state index in [1.165, 1.54) is 5.69 Å². The lowest BCUT2D eigenvalue weighted by atomic mass is 9.79. The summed E-state index contributed by atoms with van der Waals surface area (Å²) < 4.78 is 18.2. The summed E-state index contributed by atoms with van der Waals surface area (Å²) in [6, 6.07) is 8.51. The summed E-state index contributed by atoms with van der Waals surface area (Å²) >= 11 is 0. The molecule has 1 aromatic rings. The van der Waals surface area contributed by atoms with E-state index in [9.17, 15) is 0 Å². The van der Waals surface area contributed by atoms with Crippen LogP contribution in [-0.4, -0.2) is 43.6 Å². The second kappa shape index (κ2) is 5.80. The van der Waals surface area contributed by atoms with Gasteiger partial charge in [0.1, 0.15) is 0 Å². The molecule has 1 aromatic carbocycles. The number of rotatable bonds is 2. The van der Waals surface area contributed by atoms with E-state index in [0.717, 1.165) is 18.6 Å². The highest BCUT2D eigenvalue weighted by molar-refractivity contribution is 6.62. The second-order valence-corrected chi connectivity index (χ2v) is 7.85. The molecule has 0 aliphatic carbocycles. The van der Waals surface area contributed by atoms with Crippen molar-refractivity contribution in [1.82, 2.24) is 0 Å². The molecule has 0 bridgehead atoms. The maximum Gasteiger partial charge on any atom is 0.494 e. The van der Waals surface area contributed by atoms with E-state index in [1.807, 2.05) is 0 Å². The normalized spacial score (nSPS) is 29.8. The van der Waals surface area contributed by atoms with Crippen molar-refractivity contribution in [1.29, 1.82) is 0 Å². The topological polar surface area (TPSA) is 30.9 Å². The highest BCUT2D eigenvalue weighted by Gasteiger charge is 2.51. The predicted molar refractivity (Wildman–Crippen MR) is 94.4 cm³/mol. The number of morpholine rings is 1. The summed E-state index contributed by atoms with van der Waals surface area (Å²) in [5.74, 6) is 0. The van der Waals surface area contributed by atoms with E-state index in [-0.39, 0.29) is 30.5 Å². The van der Waals surface area contributed by atoms with Crippen LogP contribution in [0.25, 0.3) is 0 Å². The zero-order valence-corrected chi connectivity index (χ0v) is 15.1. The van der Waals surface area contributed by atoms with Crippen molar-refractivity contribution in [2.45, 2.75) is 65.0 Å². The van der Waals surface area contributed by atoms with Crippen molar-refractivity contribution < 1.29 is 14.0 Å². The van der Waals surface area contributed by atoms with Crippen LogP contribution >= 0.6 is 0 Å². The molecule has 0 saturated carbocycles. The van der Waals surface area contributed by atoms with Gasteiger partial charge >= 0.3 is 7.12 Å². The zero-order chi connectivity index (χ0) is 16.8. The van der Waals surface area contributed by atoms with E-state index in [4.69, 9.17) is 14.0 Å². The van der Waals surface area contributed by atoms with Gasteiger partial charge in [-0.3, -0.25) is 0 Å². The molecular weight excluding hydrogens is 289 g/mol. The number of anilines is 1. The summed E-state index contributed by atoms with van der Waals surface area (Å²) in [6.45, 7) is 14.4. The van der Waals surface area contributed by atoms with E-state index >= 15 is 0 Å². The van der Waals surface area contributed by atoms with Gasteiger partial charge in [0.25, 0.3) is 0 Å². The van der Waals surface area contributed by atoms with Gasteiger partial charge in [-0.05, 0) is 59.1 Å². The van der Waals surface area contributed by atoms with Crippen molar-refractivity contribution in [3.63, 3.8) is 0 Å². The molecule has 0 aromatic heterocycles. The Kier molecular flexibility index (Phi) is 4.24. The van der Waals surface area contributed by atoms with Gasteiger partial charge in [0, 0.05) is 18.8 Å². The minimum atomic E-state index is -0.310. The Morgan fingerprint density at radius 2 is 1.57 bits per heavy atom. The van der Waals surface area contributed by atoms with Gasteiger partial charge in [0.05, 0.1) is 23.4 Å². The second-order valence-electron chi connectivity index (χ2n) is 7.85. The molecule has 2 unspecified atom stereocenters. The fraction of sp³-hybridized carbons (Fsp3) is 0.667. The highest BCUT2D eigenvalue weighted by Crippen LogP contribution is 2.36. The lowest BCUT2D eigenvalue weighted by Gasteiger charge is -2.37. The minimum absolute atomic E-state index is 0.249. The molecule has 2 fully saturated rings. The standard InChI is InChI=1S/C18H28BNO3/c1-13-11-20(12-14(2)21-13)16-9-7-8-15(10-16)19-22-17(3,4)18(5,6)23-19/h7-10,13-14H,11-12H2,1-6H3. The molecule has 23 heavy (non-hydrogen) atoms. The quantitative estimate of drug-likeness (QED) is 0.785. The van der Waals surface area contributed by atoms with E-state index < -0.39 is 0 Å². The van der Waals surface area contributed by atoms with Crippen LogP contribution in [0.1, 0.15) is 41.5 Å². The molecular formula is C18H28BNO3. The van der Waals surface area contributed by atoms with E-state index in [0.29, 0.717) is 0 Å². The SMILES string of the molecule is CC1CN(c2cccc(B3OC(C)(C)C(C)(C)O3)c2)CC(C)O1. The third-order valence-electron chi connectivity index (χ3n) is 5.18. The Morgan fingerprint density at radius 3 is 2.13 bits per heavy atom. The summed E-state index contributed by atoms with van der Waals surface area (Å²) in [7, 11) is -0.309. The molecule has 2 aliphatic heterocycles. The Bertz CT molecular complexity index is 549. The van der Waals surface area contributed by atoms with Crippen molar-refractivity contribution >= 4 is 18.3 Å². The lowest BCUT2D eigenvalue weighted by molar-refractivity contribution is -0.00521. The molecule has 2 saturated heterocycles. The van der Waals surface area contributed by atoms with Crippen LogP contribution in [0.5, 0.6) is 0 Å². The first kappa shape index (κ1) is 16.8. The summed E-state index contributed by atoms with van der Waals surface area (Å²) in [5.41, 5.74) is 1.66. The Labute approximate surface area is 140 Å². The summed E-state index contributed by atoms with van der Waals surface area (Å²) in [6.07, 6.45) is 0.499. The van der Waals surface area contributed by atoms with E-state index in [1.54, 1.807) is 0 Å². The van der Waals surface area contributed by atoms with Crippen LogP contribution in [0.3, 0.4) is 0 Å². The number of ether oxygens (including phenoxy) is 1. The molecule has 5 heteroatoms. The van der Waals surface area contributed by atoms with E-state index in [2.05, 4.69) is 70.7 Å². The summed E-state index contributed by atoms with van der Waals surface area (Å²) in [4.78, 5) is 2.38. The van der Waals surface area contributed by atoms with Gasteiger partial charge in [0.15, 0.2) is 0 Å². The van der Waals surface area contributed by atoms with Gasteiger partial charge in [-0.2, -0.15) is 0 Å². The molecule has 2 aliphatic rings. The molecule has 0 spiro atoms. The summed E-state index contributed by atoms with van der Waals surface area (Å²) in [5, 5.41) is 0. The number of hydrogen-bond donors (Lipinski definition) is 0. The average molecular weight is 317 g/mol. The number of benzene rings is 1. The maximum atomic E-state index is 6.17. The maximum absolute atomic E-state index is 6.17. The molecule has 2 atom stereocenters. The third kappa shape index (κ3) is 3.28. The lowest BCUT2D eigenvalue weighted by Crippen LogP contribution is -2.46. The third-order valence-corrected chi connectivity index (χ3v) is 5.18. The molecule has 0 radical (unpaired) electrons. The zero-order valence-electron chi connectivity index (χ0n) is 15.1. The van der Waals surface area contributed by atoms with Crippen LogP contribution < -0.4 is 10.4 Å². The van der Waals surface area contributed by atoms with Crippen LogP contribution in [0.4, 0.5) is 5.69 Å². The van der Waals surface area contributed by atoms with Crippen molar-refractivity contribution in [3.05, 3.63) is 24.3 Å². The Hall–Kier alpha value is -1.04. The first-order valence-corrected chi connectivity index (χ1v) is 8.54. The van der Waals surface area contributed by atoms with Gasteiger partial charge in [-0.1, -0.05) is 12.1 Å². The van der Waals surface area contributed by atoms with Crippen LogP contribution in [0, 0.1) is 0 Å². The van der Waals surface area contributed by atoms with Gasteiger partial charge in [0.2, 0.25) is 0 Å². The van der Waals surface area contributed by atoms with Crippen molar-refractivity contribution in [3.8, 4) is 0 Å². The largest absolute Gasteiger partial charge is 0.494 e. The Balaban J connectivity index is 1.81. The minimum Gasteiger partial charge on any atom is -0.399 e. The molecule has 126 valence electrons. The predicted octanol–water partition coefficient (Wildman–Crippen LogP) is 2.60. The first-order chi connectivity index (χ1) is 10.7. The number of nitrogens with zero attached hydrogens (tertiary/aromatic N) is 1. The molecule has 2 heterocycles. The van der Waals surface area contributed by atoms with Gasteiger partial charge < -0.3 is 18.9 Å².